The Morgan fingerprint density at radius 3 is 2.22 bits per heavy atom. The Hall–Kier alpha value is -3.07. The minimum Gasteiger partial charge on any atom is -0.489 e. The summed E-state index contributed by atoms with van der Waals surface area (Å²) in [5.74, 6) is -0.137. The number of hydrogen-bond acceptors (Lipinski definition) is 2. The van der Waals surface area contributed by atoms with Crippen LogP contribution in [0.2, 0.25) is 0 Å². The van der Waals surface area contributed by atoms with Gasteiger partial charge in [-0.1, -0.05) is 54.6 Å². The zero-order valence-electron chi connectivity index (χ0n) is 12.5. The van der Waals surface area contributed by atoms with E-state index in [1.165, 1.54) is 0 Å². The molecular weight excluding hydrogens is 288 g/mol. The van der Waals surface area contributed by atoms with E-state index in [9.17, 15) is 4.79 Å². The van der Waals surface area contributed by atoms with Crippen LogP contribution in [0.5, 0.6) is 5.75 Å². The van der Waals surface area contributed by atoms with E-state index in [2.05, 4.69) is 12.1 Å². The first-order chi connectivity index (χ1) is 11.2. The summed E-state index contributed by atoms with van der Waals surface area (Å²) < 4.78 is 5.81. The van der Waals surface area contributed by atoms with E-state index in [0.717, 1.165) is 22.4 Å². The van der Waals surface area contributed by atoms with Gasteiger partial charge in [0.2, 0.25) is 0 Å². The molecule has 114 valence electrons. The van der Waals surface area contributed by atoms with Gasteiger partial charge in [-0.25, -0.2) is 4.79 Å². The summed E-state index contributed by atoms with van der Waals surface area (Å²) in [4.78, 5) is 10.8. The van der Waals surface area contributed by atoms with Gasteiger partial charge >= 0.3 is 5.97 Å². The number of carboxylic acid groups (broad SMARTS) is 1. The number of carbonyl (C=O) groups is 1. The standard InChI is InChI=1S/C20H16O3/c21-20(22)17-11-9-15(10-12-17)14-23-19-8-4-7-18(13-19)16-5-2-1-3-6-16/h1-13H,14H2,(H,21,22). The van der Waals surface area contributed by atoms with Gasteiger partial charge < -0.3 is 9.84 Å². The van der Waals surface area contributed by atoms with Crippen molar-refractivity contribution in [2.24, 2.45) is 0 Å². The molecule has 0 bridgehead atoms. The van der Waals surface area contributed by atoms with E-state index in [4.69, 9.17) is 9.84 Å². The molecular formula is C20H16O3. The van der Waals surface area contributed by atoms with E-state index in [-0.39, 0.29) is 5.56 Å². The van der Waals surface area contributed by atoms with E-state index in [1.54, 1.807) is 24.3 Å². The zero-order chi connectivity index (χ0) is 16.1. The van der Waals surface area contributed by atoms with Crippen LogP contribution < -0.4 is 4.74 Å². The third-order valence-electron chi connectivity index (χ3n) is 3.55. The first kappa shape index (κ1) is 14.9. The number of ether oxygens (including phenoxy) is 1. The predicted octanol–water partition coefficient (Wildman–Crippen LogP) is 4.63. The second kappa shape index (κ2) is 6.79. The van der Waals surface area contributed by atoms with Crippen molar-refractivity contribution in [3.8, 4) is 16.9 Å². The molecule has 3 aromatic carbocycles. The average Bonchev–Trinajstić information content (AvgIpc) is 2.61. The highest BCUT2D eigenvalue weighted by Crippen LogP contribution is 2.24. The molecule has 3 nitrogen and oxygen atoms in total. The summed E-state index contributed by atoms with van der Waals surface area (Å²) >= 11 is 0. The molecule has 0 aliphatic heterocycles. The minimum atomic E-state index is -0.923. The predicted molar refractivity (Wildman–Crippen MR) is 89.6 cm³/mol. The van der Waals surface area contributed by atoms with Crippen molar-refractivity contribution in [2.75, 3.05) is 0 Å². The molecule has 0 radical (unpaired) electrons. The second-order valence-electron chi connectivity index (χ2n) is 5.18. The SMILES string of the molecule is O=C(O)c1ccc(COc2cccc(-c3ccccc3)c2)cc1. The molecule has 0 aromatic heterocycles. The number of hydrogen-bond donors (Lipinski definition) is 1. The van der Waals surface area contributed by atoms with Gasteiger partial charge in [-0.15, -0.1) is 0 Å². The molecule has 23 heavy (non-hydrogen) atoms. The molecule has 0 unspecified atom stereocenters. The third kappa shape index (κ3) is 3.77. The lowest BCUT2D eigenvalue weighted by atomic mass is 10.1. The molecule has 0 spiro atoms. The summed E-state index contributed by atoms with van der Waals surface area (Å²) in [5.41, 5.74) is 3.45. The lowest BCUT2D eigenvalue weighted by Crippen LogP contribution is -1.99. The molecule has 0 saturated carbocycles. The maximum Gasteiger partial charge on any atom is 0.335 e. The van der Waals surface area contributed by atoms with Crippen LogP contribution in [0.25, 0.3) is 11.1 Å². The van der Waals surface area contributed by atoms with E-state index < -0.39 is 5.97 Å². The lowest BCUT2D eigenvalue weighted by Gasteiger charge is -2.09. The first-order valence-electron chi connectivity index (χ1n) is 7.33. The number of benzene rings is 3. The average molecular weight is 304 g/mol. The monoisotopic (exact) mass is 304 g/mol. The number of carboxylic acids is 1. The quantitative estimate of drug-likeness (QED) is 0.747. The van der Waals surface area contributed by atoms with Crippen molar-refractivity contribution in [3.63, 3.8) is 0 Å². The lowest BCUT2D eigenvalue weighted by molar-refractivity contribution is 0.0697. The molecule has 3 heteroatoms. The van der Waals surface area contributed by atoms with Gasteiger partial charge in [0, 0.05) is 0 Å². The van der Waals surface area contributed by atoms with Crippen LogP contribution in [0.4, 0.5) is 0 Å². The summed E-state index contributed by atoms with van der Waals surface area (Å²) in [6.07, 6.45) is 0. The van der Waals surface area contributed by atoms with E-state index >= 15 is 0 Å². The Labute approximate surface area is 134 Å². The van der Waals surface area contributed by atoms with Crippen molar-refractivity contribution in [1.29, 1.82) is 0 Å². The Morgan fingerprint density at radius 2 is 1.52 bits per heavy atom. The number of rotatable bonds is 5. The summed E-state index contributed by atoms with van der Waals surface area (Å²) in [5, 5.41) is 8.89. The molecule has 0 aliphatic rings. The Kier molecular flexibility index (Phi) is 4.39. The summed E-state index contributed by atoms with van der Waals surface area (Å²) in [6, 6.07) is 24.8. The van der Waals surface area contributed by atoms with Gasteiger partial charge in [-0.3, -0.25) is 0 Å². The summed E-state index contributed by atoms with van der Waals surface area (Å²) in [7, 11) is 0. The summed E-state index contributed by atoms with van der Waals surface area (Å²) in [6.45, 7) is 0.401. The van der Waals surface area contributed by atoms with Gasteiger partial charge in [0.05, 0.1) is 5.56 Å². The smallest absolute Gasteiger partial charge is 0.335 e. The van der Waals surface area contributed by atoms with Crippen LogP contribution in [-0.4, -0.2) is 11.1 Å². The Morgan fingerprint density at radius 1 is 0.826 bits per heavy atom. The van der Waals surface area contributed by atoms with Gasteiger partial charge in [-0.2, -0.15) is 0 Å². The van der Waals surface area contributed by atoms with E-state index in [0.29, 0.717) is 6.61 Å². The van der Waals surface area contributed by atoms with Gasteiger partial charge in [0.1, 0.15) is 12.4 Å². The second-order valence-corrected chi connectivity index (χ2v) is 5.18. The van der Waals surface area contributed by atoms with Crippen molar-refractivity contribution < 1.29 is 14.6 Å². The Bertz CT molecular complexity index is 793. The van der Waals surface area contributed by atoms with Crippen molar-refractivity contribution >= 4 is 5.97 Å². The van der Waals surface area contributed by atoms with Crippen LogP contribution in [0.1, 0.15) is 15.9 Å². The minimum absolute atomic E-state index is 0.278. The highest BCUT2D eigenvalue weighted by Gasteiger charge is 2.03. The molecule has 0 aliphatic carbocycles. The number of aromatic carboxylic acids is 1. The van der Waals surface area contributed by atoms with Gasteiger partial charge in [0.15, 0.2) is 0 Å². The topological polar surface area (TPSA) is 46.5 Å². The van der Waals surface area contributed by atoms with Crippen LogP contribution >= 0.6 is 0 Å². The molecule has 1 N–H and O–H groups in total. The van der Waals surface area contributed by atoms with Gasteiger partial charge in [-0.05, 0) is 41.0 Å². The van der Waals surface area contributed by atoms with Crippen molar-refractivity contribution in [2.45, 2.75) is 6.61 Å². The first-order valence-corrected chi connectivity index (χ1v) is 7.33. The highest BCUT2D eigenvalue weighted by atomic mass is 16.5. The molecule has 0 saturated heterocycles. The molecule has 0 amide bonds. The van der Waals surface area contributed by atoms with Crippen molar-refractivity contribution in [3.05, 3.63) is 90.0 Å². The third-order valence-corrected chi connectivity index (χ3v) is 3.55. The molecule has 3 rings (SSSR count). The maximum absolute atomic E-state index is 10.8. The van der Waals surface area contributed by atoms with Crippen LogP contribution in [0.3, 0.4) is 0 Å². The van der Waals surface area contributed by atoms with Crippen LogP contribution in [0, 0.1) is 0 Å². The fourth-order valence-corrected chi connectivity index (χ4v) is 2.31. The molecule has 0 fully saturated rings. The van der Waals surface area contributed by atoms with Crippen LogP contribution in [0.15, 0.2) is 78.9 Å². The fraction of sp³-hybridized carbons (Fsp3) is 0.0500. The van der Waals surface area contributed by atoms with Crippen molar-refractivity contribution in [1.82, 2.24) is 0 Å². The largest absolute Gasteiger partial charge is 0.489 e. The normalized spacial score (nSPS) is 10.3. The van der Waals surface area contributed by atoms with Gasteiger partial charge in [0.25, 0.3) is 0 Å². The van der Waals surface area contributed by atoms with Crippen LogP contribution in [-0.2, 0) is 6.61 Å². The maximum atomic E-state index is 10.8. The Balaban J connectivity index is 1.70. The zero-order valence-corrected chi connectivity index (χ0v) is 12.5. The fourth-order valence-electron chi connectivity index (χ4n) is 2.31. The molecule has 0 atom stereocenters. The molecule has 0 heterocycles. The highest BCUT2D eigenvalue weighted by molar-refractivity contribution is 5.87. The van der Waals surface area contributed by atoms with E-state index in [1.807, 2.05) is 42.5 Å². The molecule has 3 aromatic rings.